The molecule has 1 aromatic heterocycles. The predicted octanol–water partition coefficient (Wildman–Crippen LogP) is 3.82. The quantitative estimate of drug-likeness (QED) is 0.603. The molecular formula is C19H21NO4S. The fourth-order valence-corrected chi connectivity index (χ4v) is 4.23. The van der Waals surface area contributed by atoms with Crippen LogP contribution >= 0.6 is 11.3 Å². The van der Waals surface area contributed by atoms with Gasteiger partial charge in [-0.3, -0.25) is 4.79 Å². The highest BCUT2D eigenvalue weighted by Gasteiger charge is 2.27. The molecule has 1 amide bonds. The molecule has 1 aliphatic rings. The highest BCUT2D eigenvalue weighted by atomic mass is 32.1. The van der Waals surface area contributed by atoms with E-state index in [1.165, 1.54) is 23.3 Å². The summed E-state index contributed by atoms with van der Waals surface area (Å²) < 4.78 is 10.5. The molecular weight excluding hydrogens is 338 g/mol. The number of benzene rings is 1. The Bertz CT molecular complexity index is 754. The van der Waals surface area contributed by atoms with E-state index in [1.807, 2.05) is 30.3 Å². The molecule has 0 spiro atoms. The molecule has 0 fully saturated rings. The van der Waals surface area contributed by atoms with Gasteiger partial charge in [-0.1, -0.05) is 18.2 Å². The van der Waals surface area contributed by atoms with Crippen molar-refractivity contribution >= 4 is 28.2 Å². The molecule has 0 saturated carbocycles. The van der Waals surface area contributed by atoms with E-state index in [1.54, 1.807) is 0 Å². The maximum absolute atomic E-state index is 12.2. The molecule has 3 rings (SSSR count). The summed E-state index contributed by atoms with van der Waals surface area (Å²) in [5.41, 5.74) is 1.58. The third kappa shape index (κ3) is 4.20. The number of anilines is 1. The molecule has 1 aliphatic carbocycles. The van der Waals surface area contributed by atoms with Crippen LogP contribution in [0.1, 0.15) is 40.1 Å². The Morgan fingerprint density at radius 2 is 2.00 bits per heavy atom. The minimum atomic E-state index is -0.373. The number of para-hydroxylation sites is 1. The van der Waals surface area contributed by atoms with Gasteiger partial charge in [0.1, 0.15) is 10.8 Å². The molecule has 1 aromatic carbocycles. The van der Waals surface area contributed by atoms with Crippen LogP contribution < -0.4 is 10.1 Å². The average molecular weight is 359 g/mol. The standard InChI is InChI=1S/C19H21NO4S/c1-23-19(22)17-14-9-5-10-15(14)25-18(17)20-16(21)11-6-12-24-13-7-3-2-4-8-13/h2-4,7-8H,5-6,9-12H2,1H3,(H,20,21). The summed E-state index contributed by atoms with van der Waals surface area (Å²) in [5.74, 6) is 0.314. The molecule has 0 unspecified atom stereocenters. The summed E-state index contributed by atoms with van der Waals surface area (Å²) in [7, 11) is 1.37. The number of ether oxygens (including phenoxy) is 2. The van der Waals surface area contributed by atoms with Crippen molar-refractivity contribution in [3.8, 4) is 5.75 Å². The number of aryl methyl sites for hydroxylation is 1. The van der Waals surface area contributed by atoms with Gasteiger partial charge in [-0.2, -0.15) is 0 Å². The number of rotatable bonds is 7. The second kappa shape index (κ2) is 8.16. The Labute approximate surface area is 151 Å². The van der Waals surface area contributed by atoms with E-state index in [9.17, 15) is 9.59 Å². The van der Waals surface area contributed by atoms with Crippen LogP contribution in [0.4, 0.5) is 5.00 Å². The van der Waals surface area contributed by atoms with Gasteiger partial charge >= 0.3 is 5.97 Å². The summed E-state index contributed by atoms with van der Waals surface area (Å²) >= 11 is 1.49. The van der Waals surface area contributed by atoms with Gasteiger partial charge in [-0.25, -0.2) is 4.79 Å². The van der Waals surface area contributed by atoms with Crippen LogP contribution in [0.5, 0.6) is 5.75 Å². The summed E-state index contributed by atoms with van der Waals surface area (Å²) in [4.78, 5) is 25.5. The molecule has 132 valence electrons. The highest BCUT2D eigenvalue weighted by molar-refractivity contribution is 7.17. The molecule has 1 heterocycles. The topological polar surface area (TPSA) is 64.6 Å². The van der Waals surface area contributed by atoms with Gasteiger partial charge in [-0.05, 0) is 43.4 Å². The predicted molar refractivity (Wildman–Crippen MR) is 97.5 cm³/mol. The first kappa shape index (κ1) is 17.5. The van der Waals surface area contributed by atoms with Crippen LogP contribution in [-0.4, -0.2) is 25.6 Å². The number of methoxy groups -OCH3 is 1. The number of carbonyl (C=O) groups is 2. The van der Waals surface area contributed by atoms with Gasteiger partial charge < -0.3 is 14.8 Å². The lowest BCUT2D eigenvalue weighted by atomic mass is 10.1. The minimum Gasteiger partial charge on any atom is -0.494 e. The summed E-state index contributed by atoms with van der Waals surface area (Å²) in [6.45, 7) is 0.474. The van der Waals surface area contributed by atoms with Crippen LogP contribution in [0.2, 0.25) is 0 Å². The third-order valence-electron chi connectivity index (χ3n) is 4.12. The molecule has 0 radical (unpaired) electrons. The van der Waals surface area contributed by atoms with Gasteiger partial charge in [0.25, 0.3) is 0 Å². The lowest BCUT2D eigenvalue weighted by molar-refractivity contribution is -0.116. The first-order valence-electron chi connectivity index (χ1n) is 8.39. The van der Waals surface area contributed by atoms with Crippen molar-refractivity contribution in [2.75, 3.05) is 19.0 Å². The molecule has 25 heavy (non-hydrogen) atoms. The van der Waals surface area contributed by atoms with Gasteiger partial charge in [0, 0.05) is 11.3 Å². The molecule has 5 nitrogen and oxygen atoms in total. The lowest BCUT2D eigenvalue weighted by Crippen LogP contribution is -2.15. The fourth-order valence-electron chi connectivity index (χ4n) is 2.94. The second-order valence-corrected chi connectivity index (χ2v) is 6.97. The third-order valence-corrected chi connectivity index (χ3v) is 5.33. The van der Waals surface area contributed by atoms with Crippen molar-refractivity contribution in [3.63, 3.8) is 0 Å². The highest BCUT2D eigenvalue weighted by Crippen LogP contribution is 2.39. The molecule has 1 N–H and O–H groups in total. The number of hydrogen-bond acceptors (Lipinski definition) is 5. The van der Waals surface area contributed by atoms with Crippen LogP contribution in [0.3, 0.4) is 0 Å². The van der Waals surface area contributed by atoms with E-state index in [0.29, 0.717) is 30.0 Å². The van der Waals surface area contributed by atoms with E-state index in [4.69, 9.17) is 9.47 Å². The first-order chi connectivity index (χ1) is 12.2. The summed E-state index contributed by atoms with van der Waals surface area (Å²) in [6, 6.07) is 9.52. The van der Waals surface area contributed by atoms with Crippen molar-refractivity contribution in [1.82, 2.24) is 0 Å². The van der Waals surface area contributed by atoms with Crippen molar-refractivity contribution in [1.29, 1.82) is 0 Å². The Morgan fingerprint density at radius 3 is 2.76 bits per heavy atom. The zero-order valence-corrected chi connectivity index (χ0v) is 15.0. The van der Waals surface area contributed by atoms with Gasteiger partial charge in [0.2, 0.25) is 5.91 Å². The number of hydrogen-bond donors (Lipinski definition) is 1. The van der Waals surface area contributed by atoms with E-state index in [0.717, 1.165) is 30.6 Å². The fraction of sp³-hybridized carbons (Fsp3) is 0.368. The van der Waals surface area contributed by atoms with E-state index >= 15 is 0 Å². The van der Waals surface area contributed by atoms with Gasteiger partial charge in [0.05, 0.1) is 19.3 Å². The lowest BCUT2D eigenvalue weighted by Gasteiger charge is -2.08. The van der Waals surface area contributed by atoms with Gasteiger partial charge in [0.15, 0.2) is 0 Å². The Balaban J connectivity index is 1.54. The number of thiophene rings is 1. The Hall–Kier alpha value is -2.34. The maximum atomic E-state index is 12.2. The van der Waals surface area contributed by atoms with E-state index in [-0.39, 0.29) is 11.9 Å². The van der Waals surface area contributed by atoms with Gasteiger partial charge in [-0.15, -0.1) is 11.3 Å². The van der Waals surface area contributed by atoms with E-state index in [2.05, 4.69) is 5.32 Å². The zero-order valence-electron chi connectivity index (χ0n) is 14.2. The molecule has 0 atom stereocenters. The summed E-state index contributed by atoms with van der Waals surface area (Å²) in [5, 5.41) is 3.49. The smallest absolute Gasteiger partial charge is 0.341 e. The summed E-state index contributed by atoms with van der Waals surface area (Å²) in [6.07, 6.45) is 3.84. The van der Waals surface area contributed by atoms with Crippen LogP contribution in [0.25, 0.3) is 0 Å². The largest absolute Gasteiger partial charge is 0.494 e. The normalized spacial score (nSPS) is 12.5. The average Bonchev–Trinajstić information content (AvgIpc) is 3.19. The van der Waals surface area contributed by atoms with Crippen molar-refractivity contribution in [3.05, 3.63) is 46.3 Å². The first-order valence-corrected chi connectivity index (χ1v) is 9.21. The molecule has 0 saturated heterocycles. The molecule has 0 aliphatic heterocycles. The van der Waals surface area contributed by atoms with Crippen molar-refractivity contribution < 1.29 is 19.1 Å². The molecule has 0 bridgehead atoms. The number of fused-ring (bicyclic) bond motifs is 1. The molecule has 2 aromatic rings. The maximum Gasteiger partial charge on any atom is 0.341 e. The SMILES string of the molecule is COC(=O)c1c(NC(=O)CCCOc2ccccc2)sc2c1CCC2. The number of amides is 1. The van der Waals surface area contributed by atoms with Crippen LogP contribution in [0, 0.1) is 0 Å². The second-order valence-electron chi connectivity index (χ2n) is 5.87. The number of carbonyl (C=O) groups excluding carboxylic acids is 2. The monoisotopic (exact) mass is 359 g/mol. The van der Waals surface area contributed by atoms with Crippen LogP contribution in [-0.2, 0) is 22.4 Å². The number of nitrogens with one attached hydrogen (secondary N) is 1. The number of esters is 1. The molecule has 6 heteroatoms. The zero-order chi connectivity index (χ0) is 17.6. The minimum absolute atomic E-state index is 0.110. The van der Waals surface area contributed by atoms with Crippen molar-refractivity contribution in [2.24, 2.45) is 0 Å². The van der Waals surface area contributed by atoms with Crippen LogP contribution in [0.15, 0.2) is 30.3 Å². The Morgan fingerprint density at radius 1 is 1.20 bits per heavy atom. The van der Waals surface area contributed by atoms with E-state index < -0.39 is 0 Å². The van der Waals surface area contributed by atoms with Crippen molar-refractivity contribution in [2.45, 2.75) is 32.1 Å². The Kier molecular flexibility index (Phi) is 5.71.